The molecule has 8 nitrogen and oxygen atoms in total. The van der Waals surface area contributed by atoms with Crippen molar-refractivity contribution in [1.82, 2.24) is 14.5 Å². The summed E-state index contributed by atoms with van der Waals surface area (Å²) in [4.78, 5) is 24.7. The van der Waals surface area contributed by atoms with Gasteiger partial charge in [-0.2, -0.15) is 4.31 Å². The maximum absolute atomic E-state index is 12.2. The fourth-order valence-electron chi connectivity index (χ4n) is 3.89. The summed E-state index contributed by atoms with van der Waals surface area (Å²) >= 11 is 0. The van der Waals surface area contributed by atoms with E-state index in [1.165, 1.54) is 6.26 Å². The Morgan fingerprint density at radius 2 is 1.88 bits per heavy atom. The van der Waals surface area contributed by atoms with Crippen LogP contribution in [-0.2, 0) is 14.8 Å². The number of likely N-dealkylation sites (tertiary alicyclic amines) is 1. The van der Waals surface area contributed by atoms with Crippen LogP contribution in [0.2, 0.25) is 0 Å². The van der Waals surface area contributed by atoms with Gasteiger partial charge in [0.25, 0.3) is 0 Å². The van der Waals surface area contributed by atoms with Crippen molar-refractivity contribution in [2.45, 2.75) is 6.04 Å². The monoisotopic (exact) mass is 366 g/mol. The number of carbonyl (C=O) groups excluding carboxylic acids is 2. The highest BCUT2D eigenvalue weighted by atomic mass is 32.2. The summed E-state index contributed by atoms with van der Waals surface area (Å²) in [5, 5.41) is 2.31. The molecule has 136 valence electrons. The Labute approximate surface area is 147 Å². The molecule has 2 saturated heterocycles. The summed E-state index contributed by atoms with van der Waals surface area (Å²) in [5.41, 5.74) is 5.94. The van der Waals surface area contributed by atoms with Crippen LogP contribution in [0.5, 0.6) is 0 Å². The van der Waals surface area contributed by atoms with E-state index in [0.717, 1.165) is 5.56 Å². The first-order chi connectivity index (χ1) is 11.8. The van der Waals surface area contributed by atoms with Gasteiger partial charge in [0.05, 0.1) is 18.8 Å². The van der Waals surface area contributed by atoms with Crippen LogP contribution in [0.15, 0.2) is 30.3 Å². The molecular formula is C16H22N4O4S. The number of urea groups is 1. The summed E-state index contributed by atoms with van der Waals surface area (Å²) in [6.07, 6.45) is 1.23. The Hall–Kier alpha value is -2.13. The number of fused-ring (bicyclic) bond motifs is 1. The zero-order valence-corrected chi connectivity index (χ0v) is 14.8. The molecule has 0 spiro atoms. The molecular weight excluding hydrogens is 344 g/mol. The number of nitrogens with one attached hydrogen (secondary N) is 1. The number of hydrogen-bond acceptors (Lipinski definition) is 4. The van der Waals surface area contributed by atoms with E-state index in [1.807, 2.05) is 30.3 Å². The van der Waals surface area contributed by atoms with Crippen molar-refractivity contribution in [2.75, 3.05) is 32.4 Å². The second-order valence-electron chi connectivity index (χ2n) is 6.63. The van der Waals surface area contributed by atoms with Gasteiger partial charge in [-0.25, -0.2) is 13.2 Å². The topological polar surface area (TPSA) is 113 Å². The van der Waals surface area contributed by atoms with E-state index in [2.05, 4.69) is 5.32 Å². The molecule has 3 amide bonds. The second-order valence-corrected chi connectivity index (χ2v) is 8.56. The first-order valence-corrected chi connectivity index (χ1v) is 9.95. The number of amides is 3. The lowest BCUT2D eigenvalue weighted by Crippen LogP contribution is -2.42. The third-order valence-corrected chi connectivity index (χ3v) is 6.18. The molecule has 0 unspecified atom stereocenters. The van der Waals surface area contributed by atoms with Gasteiger partial charge in [-0.1, -0.05) is 30.3 Å². The van der Waals surface area contributed by atoms with Gasteiger partial charge < -0.3 is 16.0 Å². The molecule has 0 saturated carbocycles. The number of rotatable bonds is 4. The van der Waals surface area contributed by atoms with Gasteiger partial charge in [-0.3, -0.25) is 4.79 Å². The normalized spacial score (nSPS) is 26.4. The van der Waals surface area contributed by atoms with Gasteiger partial charge in [0, 0.05) is 25.6 Å². The molecule has 2 aliphatic heterocycles. The third kappa shape index (κ3) is 3.62. The van der Waals surface area contributed by atoms with E-state index in [4.69, 9.17) is 5.73 Å². The molecule has 0 radical (unpaired) electrons. The Morgan fingerprint density at radius 3 is 2.48 bits per heavy atom. The van der Waals surface area contributed by atoms with Crippen LogP contribution >= 0.6 is 0 Å². The van der Waals surface area contributed by atoms with Crippen molar-refractivity contribution in [3.05, 3.63) is 35.9 Å². The van der Waals surface area contributed by atoms with E-state index in [0.29, 0.717) is 19.6 Å². The van der Waals surface area contributed by atoms with Gasteiger partial charge in [0.1, 0.15) is 0 Å². The Kier molecular flexibility index (Phi) is 4.70. The lowest BCUT2D eigenvalue weighted by Gasteiger charge is -2.28. The molecule has 3 atom stereocenters. The molecule has 2 heterocycles. The quantitative estimate of drug-likeness (QED) is 0.765. The minimum Gasteiger partial charge on any atom is -0.352 e. The molecule has 1 aromatic carbocycles. The Balaban J connectivity index is 1.80. The summed E-state index contributed by atoms with van der Waals surface area (Å²) in [7, 11) is -3.34. The Morgan fingerprint density at radius 1 is 1.20 bits per heavy atom. The van der Waals surface area contributed by atoms with Crippen LogP contribution in [-0.4, -0.2) is 62.0 Å². The lowest BCUT2D eigenvalue weighted by atomic mass is 9.90. The number of benzene rings is 1. The first-order valence-electron chi connectivity index (χ1n) is 8.10. The van der Waals surface area contributed by atoms with E-state index < -0.39 is 16.1 Å². The van der Waals surface area contributed by atoms with E-state index >= 15 is 0 Å². The molecule has 0 aliphatic carbocycles. The molecule has 1 aromatic rings. The second kappa shape index (κ2) is 6.64. The molecule has 2 aliphatic rings. The number of nitrogens with two attached hydrogens (primary N) is 1. The number of primary amides is 1. The van der Waals surface area contributed by atoms with Crippen LogP contribution < -0.4 is 11.1 Å². The van der Waals surface area contributed by atoms with Crippen LogP contribution in [0.1, 0.15) is 11.6 Å². The average molecular weight is 366 g/mol. The molecule has 2 fully saturated rings. The Bertz CT molecular complexity index is 768. The highest BCUT2D eigenvalue weighted by Gasteiger charge is 2.51. The van der Waals surface area contributed by atoms with Crippen molar-refractivity contribution in [1.29, 1.82) is 0 Å². The largest absolute Gasteiger partial charge is 0.352 e. The first kappa shape index (κ1) is 17.7. The summed E-state index contributed by atoms with van der Waals surface area (Å²) in [6.45, 7) is 1.21. The molecule has 3 N–H and O–H groups in total. The minimum atomic E-state index is -3.34. The van der Waals surface area contributed by atoms with Crippen LogP contribution in [0, 0.1) is 11.8 Å². The SMILES string of the molecule is CS(=O)(=O)N1C[C@H]2CN(C(=O)CNC(N)=O)C[C@H]2[C@@H]1c1ccccc1. The fraction of sp³-hybridized carbons (Fsp3) is 0.500. The van der Waals surface area contributed by atoms with E-state index in [1.54, 1.807) is 9.21 Å². The van der Waals surface area contributed by atoms with E-state index in [-0.39, 0.29) is 30.3 Å². The highest BCUT2D eigenvalue weighted by Crippen LogP contribution is 2.45. The van der Waals surface area contributed by atoms with Gasteiger partial charge >= 0.3 is 6.03 Å². The van der Waals surface area contributed by atoms with Crippen molar-refractivity contribution in [3.63, 3.8) is 0 Å². The summed E-state index contributed by atoms with van der Waals surface area (Å²) < 4.78 is 26.0. The van der Waals surface area contributed by atoms with Gasteiger partial charge in [-0.05, 0) is 11.5 Å². The number of nitrogens with zero attached hydrogens (tertiary/aromatic N) is 2. The van der Waals surface area contributed by atoms with E-state index in [9.17, 15) is 18.0 Å². The maximum atomic E-state index is 12.2. The van der Waals surface area contributed by atoms with Gasteiger partial charge in [0.2, 0.25) is 15.9 Å². The standard InChI is InChI=1S/C16H22N4O4S/c1-25(23,24)20-9-12-8-19(14(21)7-18-16(17)22)10-13(12)15(20)11-5-3-2-4-6-11/h2-6,12-13,15H,7-10H2,1H3,(H3,17,18,22)/t12-,13-,15+/m1/s1. The number of hydrogen-bond donors (Lipinski definition) is 2. The van der Waals surface area contributed by atoms with Crippen molar-refractivity contribution < 1.29 is 18.0 Å². The summed E-state index contributed by atoms with van der Waals surface area (Å²) in [5.74, 6) is -0.0852. The number of carbonyl (C=O) groups is 2. The minimum absolute atomic E-state index is 0.0367. The smallest absolute Gasteiger partial charge is 0.312 e. The molecule has 0 bridgehead atoms. The van der Waals surface area contributed by atoms with Crippen molar-refractivity contribution in [3.8, 4) is 0 Å². The van der Waals surface area contributed by atoms with Gasteiger partial charge in [0.15, 0.2) is 0 Å². The van der Waals surface area contributed by atoms with Gasteiger partial charge in [-0.15, -0.1) is 0 Å². The van der Waals surface area contributed by atoms with Crippen LogP contribution in [0.4, 0.5) is 4.79 Å². The molecule has 25 heavy (non-hydrogen) atoms. The maximum Gasteiger partial charge on any atom is 0.312 e. The third-order valence-electron chi connectivity index (χ3n) is 4.96. The van der Waals surface area contributed by atoms with Crippen molar-refractivity contribution >= 4 is 22.0 Å². The number of sulfonamides is 1. The predicted molar refractivity (Wildman–Crippen MR) is 91.9 cm³/mol. The zero-order chi connectivity index (χ0) is 18.2. The molecule has 3 rings (SSSR count). The van der Waals surface area contributed by atoms with Crippen LogP contribution in [0.3, 0.4) is 0 Å². The van der Waals surface area contributed by atoms with Crippen LogP contribution in [0.25, 0.3) is 0 Å². The highest BCUT2D eigenvalue weighted by molar-refractivity contribution is 7.88. The lowest BCUT2D eigenvalue weighted by molar-refractivity contribution is -0.129. The molecule has 0 aromatic heterocycles. The summed E-state index contributed by atoms with van der Waals surface area (Å²) in [6, 6.07) is 8.49. The fourth-order valence-corrected chi connectivity index (χ4v) is 5.04. The zero-order valence-electron chi connectivity index (χ0n) is 14.0. The average Bonchev–Trinajstić information content (AvgIpc) is 3.10. The predicted octanol–water partition coefficient (Wildman–Crippen LogP) is -0.254. The van der Waals surface area contributed by atoms with Crippen molar-refractivity contribution in [2.24, 2.45) is 17.6 Å². The molecule has 9 heteroatoms.